The maximum absolute atomic E-state index is 13.0. The van der Waals surface area contributed by atoms with Crippen LogP contribution in [0.25, 0.3) is 10.9 Å². The number of ether oxygens (including phenoxy) is 1. The number of carbonyl (C=O) groups is 1. The zero-order chi connectivity index (χ0) is 19.8. The minimum absolute atomic E-state index is 0.205. The van der Waals surface area contributed by atoms with Crippen LogP contribution in [-0.4, -0.2) is 24.1 Å². The van der Waals surface area contributed by atoms with Gasteiger partial charge in [-0.25, -0.2) is 17.2 Å². The molecular weight excluding hydrogens is 364 g/mol. The summed E-state index contributed by atoms with van der Waals surface area (Å²) in [5.74, 6) is 0. The standard InChI is InChI=1S/C20H22N2O4S/c1-14-5-9-17(10-6-14)27(24,25)22-12-11-15-7-8-16(13-18(15)22)21-19(23)26-20(2,3)4/h5-13H,1-4H3,(H,21,23). The van der Waals surface area contributed by atoms with Gasteiger partial charge in [-0.1, -0.05) is 23.8 Å². The number of rotatable bonds is 3. The van der Waals surface area contributed by atoms with E-state index in [2.05, 4.69) is 5.32 Å². The predicted octanol–water partition coefficient (Wildman–Crippen LogP) is 4.53. The lowest BCUT2D eigenvalue weighted by molar-refractivity contribution is 0.0636. The second-order valence-electron chi connectivity index (χ2n) is 7.33. The van der Waals surface area contributed by atoms with Crippen molar-refractivity contribution in [3.05, 3.63) is 60.3 Å². The fourth-order valence-electron chi connectivity index (χ4n) is 2.64. The molecule has 3 aromatic rings. The van der Waals surface area contributed by atoms with Gasteiger partial charge >= 0.3 is 6.09 Å². The van der Waals surface area contributed by atoms with Crippen molar-refractivity contribution < 1.29 is 17.9 Å². The van der Waals surface area contributed by atoms with E-state index in [1.807, 2.05) is 6.92 Å². The molecule has 0 aliphatic carbocycles. The van der Waals surface area contributed by atoms with Crippen LogP contribution >= 0.6 is 0 Å². The molecule has 1 N–H and O–H groups in total. The summed E-state index contributed by atoms with van der Waals surface area (Å²) in [4.78, 5) is 12.2. The Morgan fingerprint density at radius 2 is 1.70 bits per heavy atom. The van der Waals surface area contributed by atoms with Crippen molar-refractivity contribution >= 4 is 32.7 Å². The number of hydrogen-bond donors (Lipinski definition) is 1. The van der Waals surface area contributed by atoms with Crippen LogP contribution in [0.15, 0.2) is 59.6 Å². The molecule has 0 unspecified atom stereocenters. The monoisotopic (exact) mass is 386 g/mol. The highest BCUT2D eigenvalue weighted by Gasteiger charge is 2.20. The number of amides is 1. The van der Waals surface area contributed by atoms with E-state index in [0.29, 0.717) is 11.2 Å². The molecule has 0 spiro atoms. The number of aromatic nitrogens is 1. The van der Waals surface area contributed by atoms with Crippen LogP contribution in [0.4, 0.5) is 10.5 Å². The highest BCUT2D eigenvalue weighted by atomic mass is 32.2. The Morgan fingerprint density at radius 1 is 1.04 bits per heavy atom. The summed E-state index contributed by atoms with van der Waals surface area (Å²) in [5.41, 5.74) is 1.29. The average molecular weight is 386 g/mol. The molecule has 27 heavy (non-hydrogen) atoms. The Balaban J connectivity index is 1.98. The lowest BCUT2D eigenvalue weighted by atomic mass is 10.2. The van der Waals surface area contributed by atoms with Crippen molar-refractivity contribution in [3.8, 4) is 0 Å². The second-order valence-corrected chi connectivity index (χ2v) is 9.15. The molecule has 0 saturated heterocycles. The third-order valence-electron chi connectivity index (χ3n) is 3.88. The molecule has 0 atom stereocenters. The first-order valence-corrected chi connectivity index (χ1v) is 9.94. The molecule has 2 aromatic carbocycles. The van der Waals surface area contributed by atoms with Crippen LogP contribution in [0, 0.1) is 6.92 Å². The molecule has 0 bridgehead atoms. The quantitative estimate of drug-likeness (QED) is 0.717. The molecule has 3 rings (SSSR count). The molecule has 0 fully saturated rings. The summed E-state index contributed by atoms with van der Waals surface area (Å²) in [6.45, 7) is 7.22. The Kier molecular flexibility index (Phi) is 4.73. The topological polar surface area (TPSA) is 77.4 Å². The SMILES string of the molecule is Cc1ccc(S(=O)(=O)n2ccc3ccc(NC(=O)OC(C)(C)C)cc32)cc1. The summed E-state index contributed by atoms with van der Waals surface area (Å²) in [5, 5.41) is 3.39. The first kappa shape index (κ1) is 19.0. The Bertz CT molecular complexity index is 1090. The smallest absolute Gasteiger partial charge is 0.412 e. The zero-order valence-corrected chi connectivity index (χ0v) is 16.5. The van der Waals surface area contributed by atoms with E-state index in [1.54, 1.807) is 69.3 Å². The van der Waals surface area contributed by atoms with E-state index >= 15 is 0 Å². The van der Waals surface area contributed by atoms with Gasteiger partial charge in [0.05, 0.1) is 10.4 Å². The number of hydrogen-bond acceptors (Lipinski definition) is 4. The Labute approximate surface area is 158 Å². The van der Waals surface area contributed by atoms with Crippen molar-refractivity contribution in [2.75, 3.05) is 5.32 Å². The number of nitrogens with one attached hydrogen (secondary N) is 1. The summed E-state index contributed by atoms with van der Waals surface area (Å²) >= 11 is 0. The third-order valence-corrected chi connectivity index (χ3v) is 5.58. The van der Waals surface area contributed by atoms with E-state index in [1.165, 1.54) is 10.2 Å². The van der Waals surface area contributed by atoms with E-state index in [0.717, 1.165) is 10.9 Å². The van der Waals surface area contributed by atoms with Crippen LogP contribution in [0.1, 0.15) is 26.3 Å². The van der Waals surface area contributed by atoms with Gasteiger partial charge < -0.3 is 4.74 Å². The van der Waals surface area contributed by atoms with E-state index in [4.69, 9.17) is 4.74 Å². The molecule has 1 aromatic heterocycles. The van der Waals surface area contributed by atoms with Gasteiger partial charge in [0.15, 0.2) is 0 Å². The fraction of sp³-hybridized carbons (Fsp3) is 0.250. The minimum atomic E-state index is -3.74. The number of benzene rings is 2. The van der Waals surface area contributed by atoms with Gasteiger partial charge in [0.2, 0.25) is 0 Å². The number of carbonyl (C=O) groups excluding carboxylic acids is 1. The van der Waals surface area contributed by atoms with Gasteiger partial charge in [0.1, 0.15) is 5.60 Å². The minimum Gasteiger partial charge on any atom is -0.444 e. The lowest BCUT2D eigenvalue weighted by Crippen LogP contribution is -2.27. The Morgan fingerprint density at radius 3 is 2.33 bits per heavy atom. The normalized spacial score (nSPS) is 12.1. The van der Waals surface area contributed by atoms with Crippen LogP contribution < -0.4 is 5.32 Å². The summed E-state index contributed by atoms with van der Waals surface area (Å²) in [6.07, 6.45) is 0.915. The van der Waals surface area contributed by atoms with Crippen LogP contribution in [-0.2, 0) is 14.8 Å². The first-order valence-electron chi connectivity index (χ1n) is 8.50. The highest BCUT2D eigenvalue weighted by molar-refractivity contribution is 7.90. The molecule has 1 amide bonds. The number of fused-ring (bicyclic) bond motifs is 1. The van der Waals surface area contributed by atoms with Gasteiger partial charge in [-0.3, -0.25) is 5.32 Å². The molecule has 0 aliphatic rings. The average Bonchev–Trinajstić information content (AvgIpc) is 2.97. The largest absolute Gasteiger partial charge is 0.444 e. The lowest BCUT2D eigenvalue weighted by Gasteiger charge is -2.19. The molecule has 0 aliphatic heterocycles. The second kappa shape index (κ2) is 6.74. The summed E-state index contributed by atoms with van der Waals surface area (Å²) < 4.78 is 32.4. The maximum atomic E-state index is 13.0. The number of nitrogens with zero attached hydrogens (tertiary/aromatic N) is 1. The molecule has 0 radical (unpaired) electrons. The van der Waals surface area contributed by atoms with Crippen molar-refractivity contribution in [1.82, 2.24) is 3.97 Å². The maximum Gasteiger partial charge on any atom is 0.412 e. The molecular formula is C20H22N2O4S. The number of aryl methyl sites for hydroxylation is 1. The van der Waals surface area contributed by atoms with E-state index in [9.17, 15) is 13.2 Å². The van der Waals surface area contributed by atoms with Crippen LogP contribution in [0.3, 0.4) is 0 Å². The van der Waals surface area contributed by atoms with Gasteiger partial charge in [-0.2, -0.15) is 0 Å². The molecule has 142 valence electrons. The van der Waals surface area contributed by atoms with Crippen LogP contribution in [0.5, 0.6) is 0 Å². The molecule has 1 heterocycles. The Hall–Kier alpha value is -2.80. The van der Waals surface area contributed by atoms with Crippen molar-refractivity contribution in [2.45, 2.75) is 38.2 Å². The third kappa shape index (κ3) is 4.14. The highest BCUT2D eigenvalue weighted by Crippen LogP contribution is 2.25. The molecule has 0 saturated carbocycles. The van der Waals surface area contributed by atoms with Gasteiger partial charge in [0, 0.05) is 17.3 Å². The summed E-state index contributed by atoms with van der Waals surface area (Å²) in [7, 11) is -3.74. The van der Waals surface area contributed by atoms with E-state index in [-0.39, 0.29) is 4.90 Å². The van der Waals surface area contributed by atoms with Crippen LogP contribution in [0.2, 0.25) is 0 Å². The van der Waals surface area contributed by atoms with Gasteiger partial charge in [-0.15, -0.1) is 0 Å². The van der Waals surface area contributed by atoms with Crippen molar-refractivity contribution in [1.29, 1.82) is 0 Å². The van der Waals surface area contributed by atoms with Gasteiger partial charge in [0.25, 0.3) is 10.0 Å². The zero-order valence-electron chi connectivity index (χ0n) is 15.7. The molecule has 7 heteroatoms. The van der Waals surface area contributed by atoms with Crippen molar-refractivity contribution in [2.24, 2.45) is 0 Å². The van der Waals surface area contributed by atoms with Gasteiger partial charge in [-0.05, 0) is 58.0 Å². The first-order chi connectivity index (χ1) is 12.6. The van der Waals surface area contributed by atoms with E-state index < -0.39 is 21.7 Å². The van der Waals surface area contributed by atoms with Crippen molar-refractivity contribution in [3.63, 3.8) is 0 Å². The molecule has 6 nitrogen and oxygen atoms in total. The number of anilines is 1. The summed E-state index contributed by atoms with van der Waals surface area (Å²) in [6, 6.07) is 13.5. The fourth-order valence-corrected chi connectivity index (χ4v) is 3.98. The predicted molar refractivity (Wildman–Crippen MR) is 106 cm³/mol.